The van der Waals surface area contributed by atoms with Gasteiger partial charge in [-0.1, -0.05) is 72.8 Å². The highest BCUT2D eigenvalue weighted by Crippen LogP contribution is 2.62. The molecule has 0 saturated carbocycles. The van der Waals surface area contributed by atoms with Crippen molar-refractivity contribution in [3.8, 4) is 22.6 Å². The number of anilines is 2. The Morgan fingerprint density at radius 3 is 2.12 bits per heavy atom. The molecule has 5 aromatic carbocycles. The van der Waals surface area contributed by atoms with Gasteiger partial charge in [0.2, 0.25) is 0 Å². The second kappa shape index (κ2) is 7.06. The first-order valence-electron chi connectivity index (χ1n) is 11.4. The third kappa shape index (κ3) is 2.55. The summed E-state index contributed by atoms with van der Waals surface area (Å²) in [6, 6.07) is 38.3. The molecule has 162 valence electrons. The molecule has 1 aliphatic heterocycles. The van der Waals surface area contributed by atoms with E-state index >= 15 is 0 Å². The van der Waals surface area contributed by atoms with Crippen LogP contribution >= 0.6 is 0 Å². The Bertz CT molecular complexity index is 1580. The van der Waals surface area contributed by atoms with Crippen LogP contribution in [0.25, 0.3) is 11.1 Å². The van der Waals surface area contributed by atoms with E-state index in [1.165, 1.54) is 34.4 Å². The van der Waals surface area contributed by atoms with E-state index in [9.17, 15) is 4.39 Å². The van der Waals surface area contributed by atoms with Crippen molar-refractivity contribution >= 4 is 11.4 Å². The maximum atomic E-state index is 14.4. The molecule has 7 rings (SSSR count). The number of rotatable bonds is 2. The quantitative estimate of drug-likeness (QED) is 0.293. The zero-order chi connectivity index (χ0) is 22.7. The number of hydrogen-bond acceptors (Lipinski definition) is 2. The fraction of sp³-hybridized carbons (Fsp3) is 0.0323. The zero-order valence-corrected chi connectivity index (χ0v) is 18.3. The second-order valence-electron chi connectivity index (χ2n) is 8.79. The maximum absolute atomic E-state index is 14.4. The third-order valence-corrected chi connectivity index (χ3v) is 6.97. The van der Waals surface area contributed by atoms with E-state index < -0.39 is 5.41 Å². The number of nitrogens with one attached hydrogen (secondary N) is 1. The highest BCUT2D eigenvalue weighted by molar-refractivity contribution is 5.89. The first-order chi connectivity index (χ1) is 16.7. The second-order valence-corrected chi connectivity index (χ2v) is 8.79. The van der Waals surface area contributed by atoms with Crippen LogP contribution < -0.4 is 10.1 Å². The summed E-state index contributed by atoms with van der Waals surface area (Å²) in [5, 5.41) is 3.55. The number of halogens is 1. The van der Waals surface area contributed by atoms with Crippen molar-refractivity contribution in [3.63, 3.8) is 0 Å². The summed E-state index contributed by atoms with van der Waals surface area (Å²) < 4.78 is 20.6. The minimum absolute atomic E-state index is 0.306. The lowest BCUT2D eigenvalue weighted by Gasteiger charge is -2.39. The van der Waals surface area contributed by atoms with Gasteiger partial charge in [-0.25, -0.2) is 4.39 Å². The van der Waals surface area contributed by atoms with Crippen LogP contribution in [-0.4, -0.2) is 0 Å². The van der Waals surface area contributed by atoms with Crippen molar-refractivity contribution in [2.24, 2.45) is 0 Å². The van der Waals surface area contributed by atoms with Crippen LogP contribution in [0, 0.1) is 5.82 Å². The standard InChI is InChI=1S/C31H20FNO/c32-20-14-17-27-30(18-20)34-29-13-7-6-12-26(29)31(27)25-11-5-4-10-23(25)24-16-15-22(19-28(24)31)33-21-8-2-1-3-9-21/h1-19,33H. The summed E-state index contributed by atoms with van der Waals surface area (Å²) >= 11 is 0. The molecule has 1 atom stereocenters. The fourth-order valence-electron chi connectivity index (χ4n) is 5.65. The molecule has 1 heterocycles. The molecule has 0 bridgehead atoms. The molecule has 2 nitrogen and oxygen atoms in total. The monoisotopic (exact) mass is 441 g/mol. The Morgan fingerprint density at radius 1 is 0.529 bits per heavy atom. The Hall–Kier alpha value is -4.37. The highest BCUT2D eigenvalue weighted by Gasteiger charge is 2.51. The Balaban J connectivity index is 1.56. The van der Waals surface area contributed by atoms with Gasteiger partial charge in [0.15, 0.2) is 0 Å². The number of para-hydroxylation sites is 2. The Labute approximate surface area is 197 Å². The predicted molar refractivity (Wildman–Crippen MR) is 134 cm³/mol. The molecule has 0 saturated heterocycles. The lowest BCUT2D eigenvalue weighted by Crippen LogP contribution is -2.32. The van der Waals surface area contributed by atoms with Crippen LogP contribution in [0.5, 0.6) is 11.5 Å². The first-order valence-corrected chi connectivity index (χ1v) is 11.4. The molecular formula is C31H20FNO. The molecule has 34 heavy (non-hydrogen) atoms. The average molecular weight is 442 g/mol. The van der Waals surface area contributed by atoms with Crippen LogP contribution in [0.3, 0.4) is 0 Å². The molecule has 0 aromatic heterocycles. The number of benzene rings is 5. The third-order valence-electron chi connectivity index (χ3n) is 6.97. The van der Waals surface area contributed by atoms with E-state index in [2.05, 4.69) is 66.0 Å². The largest absolute Gasteiger partial charge is 0.457 e. The van der Waals surface area contributed by atoms with E-state index in [-0.39, 0.29) is 5.82 Å². The van der Waals surface area contributed by atoms with Crippen molar-refractivity contribution in [3.05, 3.63) is 143 Å². The SMILES string of the molecule is Fc1ccc2c(c1)Oc1ccccc1C21c2ccccc2-c2ccc(Nc3ccccc3)cc21. The topological polar surface area (TPSA) is 21.3 Å². The number of ether oxygens (including phenoxy) is 1. The van der Waals surface area contributed by atoms with E-state index in [0.717, 1.165) is 28.3 Å². The van der Waals surface area contributed by atoms with Crippen LogP contribution in [0.15, 0.2) is 115 Å². The summed E-state index contributed by atoms with van der Waals surface area (Å²) in [5.74, 6) is 1.01. The van der Waals surface area contributed by atoms with E-state index in [0.29, 0.717) is 5.75 Å². The van der Waals surface area contributed by atoms with Gasteiger partial charge in [0, 0.05) is 28.6 Å². The molecule has 0 amide bonds. The Morgan fingerprint density at radius 2 is 1.24 bits per heavy atom. The van der Waals surface area contributed by atoms with Gasteiger partial charge in [-0.05, 0) is 58.7 Å². The van der Waals surface area contributed by atoms with Crippen LogP contribution in [-0.2, 0) is 5.41 Å². The van der Waals surface area contributed by atoms with Gasteiger partial charge in [0.05, 0.1) is 5.41 Å². The lowest BCUT2D eigenvalue weighted by molar-refractivity contribution is 0.431. The minimum atomic E-state index is -0.599. The van der Waals surface area contributed by atoms with Gasteiger partial charge in [-0.3, -0.25) is 0 Å². The molecular weight excluding hydrogens is 421 g/mol. The van der Waals surface area contributed by atoms with E-state index in [4.69, 9.17) is 4.74 Å². The van der Waals surface area contributed by atoms with Gasteiger partial charge in [-0.2, -0.15) is 0 Å². The van der Waals surface area contributed by atoms with Crippen molar-refractivity contribution in [2.45, 2.75) is 5.41 Å². The molecule has 0 radical (unpaired) electrons. The van der Waals surface area contributed by atoms with Crippen LogP contribution in [0.4, 0.5) is 15.8 Å². The van der Waals surface area contributed by atoms with Crippen molar-refractivity contribution < 1.29 is 9.13 Å². The number of fused-ring (bicyclic) bond motifs is 9. The van der Waals surface area contributed by atoms with Gasteiger partial charge in [-0.15, -0.1) is 0 Å². The minimum Gasteiger partial charge on any atom is -0.457 e. The summed E-state index contributed by atoms with van der Waals surface area (Å²) in [5.41, 5.74) is 8.18. The molecule has 2 aliphatic rings. The molecule has 1 spiro atoms. The first kappa shape index (κ1) is 19.1. The molecule has 3 heteroatoms. The van der Waals surface area contributed by atoms with Crippen molar-refractivity contribution in [1.82, 2.24) is 0 Å². The predicted octanol–water partition coefficient (Wildman–Crippen LogP) is 8.04. The fourth-order valence-corrected chi connectivity index (χ4v) is 5.65. The van der Waals surface area contributed by atoms with Gasteiger partial charge in [0.25, 0.3) is 0 Å². The summed E-state index contributed by atoms with van der Waals surface area (Å²) in [6.45, 7) is 0. The van der Waals surface area contributed by atoms with E-state index in [1.54, 1.807) is 0 Å². The van der Waals surface area contributed by atoms with Gasteiger partial charge < -0.3 is 10.1 Å². The van der Waals surface area contributed by atoms with Gasteiger partial charge in [0.1, 0.15) is 17.3 Å². The maximum Gasteiger partial charge on any atom is 0.135 e. The lowest BCUT2D eigenvalue weighted by atomic mass is 9.66. The van der Waals surface area contributed by atoms with Crippen molar-refractivity contribution in [2.75, 3.05) is 5.32 Å². The highest BCUT2D eigenvalue weighted by atomic mass is 19.1. The molecule has 1 N–H and O–H groups in total. The normalized spacial score (nSPS) is 16.7. The summed E-state index contributed by atoms with van der Waals surface area (Å²) in [4.78, 5) is 0. The molecule has 1 unspecified atom stereocenters. The smallest absolute Gasteiger partial charge is 0.135 e. The molecule has 5 aromatic rings. The summed E-state index contributed by atoms with van der Waals surface area (Å²) in [7, 11) is 0. The van der Waals surface area contributed by atoms with Crippen molar-refractivity contribution in [1.29, 1.82) is 0 Å². The van der Waals surface area contributed by atoms with Gasteiger partial charge >= 0.3 is 0 Å². The molecule has 0 fully saturated rings. The zero-order valence-electron chi connectivity index (χ0n) is 18.3. The summed E-state index contributed by atoms with van der Waals surface area (Å²) in [6.07, 6.45) is 0. The van der Waals surface area contributed by atoms with Crippen LogP contribution in [0.2, 0.25) is 0 Å². The average Bonchev–Trinajstić information content (AvgIpc) is 3.15. The van der Waals surface area contributed by atoms with Crippen LogP contribution in [0.1, 0.15) is 22.3 Å². The van der Waals surface area contributed by atoms with E-state index in [1.807, 2.05) is 42.5 Å². The number of hydrogen-bond donors (Lipinski definition) is 1. The Kier molecular flexibility index (Phi) is 3.97. The molecule has 1 aliphatic carbocycles.